The Morgan fingerprint density at radius 3 is 2.55 bits per heavy atom. The number of hydrogen-bond donors (Lipinski definition) is 0. The van der Waals surface area contributed by atoms with E-state index in [1.807, 2.05) is 39.0 Å². The Morgan fingerprint density at radius 2 is 1.80 bits per heavy atom. The number of rotatable bonds is 1. The molecule has 0 bridgehead atoms. The predicted molar refractivity (Wildman–Crippen MR) is 83.1 cm³/mol. The first-order valence-electron chi connectivity index (χ1n) is 6.14. The molecule has 102 valence electrons. The molecule has 3 rings (SSSR count). The molecule has 1 aromatic carbocycles. The third-order valence-corrected chi connectivity index (χ3v) is 4.76. The Kier molecular flexibility index (Phi) is 3.26. The molecule has 0 spiro atoms. The van der Waals surface area contributed by atoms with Crippen LogP contribution in [0.2, 0.25) is 5.15 Å². The largest absolute Gasteiger partial charge is 0.191 e. The first-order valence-corrected chi connectivity index (χ1v) is 7.31. The summed E-state index contributed by atoms with van der Waals surface area (Å²) in [4.78, 5) is 0. The Bertz CT molecular complexity index is 826. The molecule has 0 atom stereocenters. The van der Waals surface area contributed by atoms with Gasteiger partial charge in [0.1, 0.15) is 0 Å². The van der Waals surface area contributed by atoms with E-state index < -0.39 is 0 Å². The van der Waals surface area contributed by atoms with Crippen molar-refractivity contribution in [2.45, 2.75) is 20.8 Å². The van der Waals surface area contributed by atoms with Gasteiger partial charge in [0.05, 0.1) is 0 Å². The van der Waals surface area contributed by atoms with Crippen molar-refractivity contribution in [2.24, 2.45) is 0 Å². The summed E-state index contributed by atoms with van der Waals surface area (Å²) in [6.07, 6.45) is 0. The molecule has 0 radical (unpaired) electrons. The zero-order valence-electron chi connectivity index (χ0n) is 11.3. The van der Waals surface area contributed by atoms with Gasteiger partial charge in [0.15, 0.2) is 16.6 Å². The molecule has 0 aliphatic carbocycles. The second-order valence-electron chi connectivity index (χ2n) is 4.71. The predicted octanol–water partition coefficient (Wildman–Crippen LogP) is 4.13. The van der Waals surface area contributed by atoms with Crippen LogP contribution in [0.5, 0.6) is 0 Å². The number of aromatic nitrogens is 4. The molecule has 2 heterocycles. The molecule has 2 aromatic heterocycles. The van der Waals surface area contributed by atoms with Gasteiger partial charge in [-0.15, -0.1) is 10.2 Å². The highest BCUT2D eigenvalue weighted by Gasteiger charge is 2.16. The first-order chi connectivity index (χ1) is 9.50. The van der Waals surface area contributed by atoms with Gasteiger partial charge in [-0.25, -0.2) is 0 Å². The SMILES string of the molecule is Cc1c(Br)cccc1-c1nnc2c(C)c(C)c(Cl)nn12. The summed E-state index contributed by atoms with van der Waals surface area (Å²) in [5, 5.41) is 13.4. The van der Waals surface area contributed by atoms with Gasteiger partial charge in [0, 0.05) is 15.6 Å². The molecule has 0 unspecified atom stereocenters. The van der Waals surface area contributed by atoms with Gasteiger partial charge in [0.25, 0.3) is 0 Å². The molecule has 0 amide bonds. The summed E-state index contributed by atoms with van der Waals surface area (Å²) >= 11 is 9.72. The highest BCUT2D eigenvalue weighted by atomic mass is 79.9. The van der Waals surface area contributed by atoms with Gasteiger partial charge < -0.3 is 0 Å². The summed E-state index contributed by atoms with van der Waals surface area (Å²) in [5.41, 5.74) is 4.75. The van der Waals surface area contributed by atoms with Crippen molar-refractivity contribution in [3.05, 3.63) is 44.5 Å². The number of hydrogen-bond acceptors (Lipinski definition) is 3. The molecule has 4 nitrogen and oxygen atoms in total. The highest BCUT2D eigenvalue weighted by Crippen LogP contribution is 2.29. The van der Waals surface area contributed by atoms with Crippen LogP contribution in [0.1, 0.15) is 16.7 Å². The van der Waals surface area contributed by atoms with Crippen LogP contribution in [0.15, 0.2) is 22.7 Å². The van der Waals surface area contributed by atoms with E-state index in [1.54, 1.807) is 4.52 Å². The van der Waals surface area contributed by atoms with E-state index in [1.165, 1.54) is 0 Å². The first kappa shape index (κ1) is 13.5. The molecule has 0 saturated heterocycles. The van der Waals surface area contributed by atoms with Crippen molar-refractivity contribution in [3.63, 3.8) is 0 Å². The fraction of sp³-hybridized carbons (Fsp3) is 0.214. The van der Waals surface area contributed by atoms with Crippen LogP contribution in [0, 0.1) is 20.8 Å². The summed E-state index contributed by atoms with van der Waals surface area (Å²) in [6.45, 7) is 5.94. The van der Waals surface area contributed by atoms with Gasteiger partial charge in [-0.1, -0.05) is 39.7 Å². The molecular formula is C14H12BrClN4. The van der Waals surface area contributed by atoms with E-state index >= 15 is 0 Å². The molecule has 20 heavy (non-hydrogen) atoms. The lowest BCUT2D eigenvalue weighted by molar-refractivity contribution is 0.918. The van der Waals surface area contributed by atoms with E-state index in [9.17, 15) is 0 Å². The van der Waals surface area contributed by atoms with Gasteiger partial charge in [-0.2, -0.15) is 9.61 Å². The van der Waals surface area contributed by atoms with Crippen molar-refractivity contribution in [1.82, 2.24) is 19.8 Å². The molecular weight excluding hydrogens is 340 g/mol. The molecule has 6 heteroatoms. The molecule has 3 aromatic rings. The number of nitrogens with zero attached hydrogens (tertiary/aromatic N) is 4. The highest BCUT2D eigenvalue weighted by molar-refractivity contribution is 9.10. The van der Waals surface area contributed by atoms with Crippen molar-refractivity contribution in [3.8, 4) is 11.4 Å². The molecule has 0 N–H and O–H groups in total. The third kappa shape index (κ3) is 1.93. The Labute approximate surface area is 129 Å². The van der Waals surface area contributed by atoms with Crippen LogP contribution in [0.4, 0.5) is 0 Å². The zero-order chi connectivity index (χ0) is 14.4. The lowest BCUT2D eigenvalue weighted by atomic mass is 10.1. The van der Waals surface area contributed by atoms with Crippen LogP contribution in [-0.4, -0.2) is 19.8 Å². The summed E-state index contributed by atoms with van der Waals surface area (Å²) in [6, 6.07) is 5.97. The third-order valence-electron chi connectivity index (χ3n) is 3.54. The van der Waals surface area contributed by atoms with Crippen LogP contribution in [0.3, 0.4) is 0 Å². The summed E-state index contributed by atoms with van der Waals surface area (Å²) in [7, 11) is 0. The molecule has 0 aliphatic heterocycles. The standard InChI is InChI=1S/C14H12BrClN4/c1-7-8(2)13-17-18-14(20(13)19-12(7)16)10-5-4-6-11(15)9(10)3/h4-6H,1-3H3. The minimum atomic E-state index is 0.476. The molecule has 0 aliphatic rings. The maximum Gasteiger partial charge on any atom is 0.185 e. The average molecular weight is 352 g/mol. The average Bonchev–Trinajstić information content (AvgIpc) is 2.83. The fourth-order valence-electron chi connectivity index (χ4n) is 2.11. The van der Waals surface area contributed by atoms with E-state index in [0.717, 1.165) is 32.4 Å². The second-order valence-corrected chi connectivity index (χ2v) is 5.92. The lowest BCUT2D eigenvalue weighted by Gasteiger charge is -2.07. The summed E-state index contributed by atoms with van der Waals surface area (Å²) in [5.74, 6) is 0.698. The van der Waals surface area contributed by atoms with Crippen molar-refractivity contribution < 1.29 is 0 Å². The number of benzene rings is 1. The number of aryl methyl sites for hydroxylation is 1. The Hall–Kier alpha value is -1.46. The smallest absolute Gasteiger partial charge is 0.185 e. The maximum atomic E-state index is 6.18. The second kappa shape index (κ2) is 4.82. The van der Waals surface area contributed by atoms with Gasteiger partial charge in [-0.3, -0.25) is 0 Å². The minimum Gasteiger partial charge on any atom is -0.191 e. The Morgan fingerprint density at radius 1 is 1.05 bits per heavy atom. The lowest BCUT2D eigenvalue weighted by Crippen LogP contribution is -2.01. The monoisotopic (exact) mass is 350 g/mol. The van der Waals surface area contributed by atoms with E-state index in [0.29, 0.717) is 11.0 Å². The van der Waals surface area contributed by atoms with Crippen LogP contribution >= 0.6 is 27.5 Å². The fourth-order valence-corrected chi connectivity index (χ4v) is 2.69. The quantitative estimate of drug-likeness (QED) is 0.662. The summed E-state index contributed by atoms with van der Waals surface area (Å²) < 4.78 is 2.74. The van der Waals surface area contributed by atoms with E-state index in [-0.39, 0.29) is 0 Å². The number of halogens is 2. The van der Waals surface area contributed by atoms with Crippen molar-refractivity contribution in [1.29, 1.82) is 0 Å². The molecule has 0 fully saturated rings. The minimum absolute atomic E-state index is 0.476. The molecule has 0 saturated carbocycles. The van der Waals surface area contributed by atoms with Crippen LogP contribution < -0.4 is 0 Å². The van der Waals surface area contributed by atoms with Gasteiger partial charge >= 0.3 is 0 Å². The zero-order valence-corrected chi connectivity index (χ0v) is 13.6. The van der Waals surface area contributed by atoms with Gasteiger partial charge in [-0.05, 0) is 38.0 Å². The van der Waals surface area contributed by atoms with Crippen LogP contribution in [0.25, 0.3) is 17.0 Å². The van der Waals surface area contributed by atoms with E-state index in [4.69, 9.17) is 11.6 Å². The topological polar surface area (TPSA) is 43.1 Å². The van der Waals surface area contributed by atoms with Crippen molar-refractivity contribution in [2.75, 3.05) is 0 Å². The van der Waals surface area contributed by atoms with Crippen molar-refractivity contribution >= 4 is 33.2 Å². The van der Waals surface area contributed by atoms with Crippen LogP contribution in [-0.2, 0) is 0 Å². The maximum absolute atomic E-state index is 6.18. The normalized spacial score (nSPS) is 11.2. The van der Waals surface area contributed by atoms with Gasteiger partial charge in [0.2, 0.25) is 0 Å². The van der Waals surface area contributed by atoms with E-state index in [2.05, 4.69) is 31.2 Å². The number of fused-ring (bicyclic) bond motifs is 1. The Balaban J connectivity index is 2.36.